The summed E-state index contributed by atoms with van der Waals surface area (Å²) >= 11 is 0. The van der Waals surface area contributed by atoms with E-state index in [0.29, 0.717) is 30.4 Å². The molecule has 57 heavy (non-hydrogen) atoms. The molecule has 2 aliphatic heterocycles. The van der Waals surface area contributed by atoms with Crippen LogP contribution in [0.15, 0.2) is 54.9 Å². The van der Waals surface area contributed by atoms with Gasteiger partial charge >= 0.3 is 12.2 Å². The van der Waals surface area contributed by atoms with Crippen LogP contribution in [0.5, 0.6) is 0 Å². The monoisotopic (exact) mass is 772 g/mol. The van der Waals surface area contributed by atoms with Gasteiger partial charge in [-0.25, -0.2) is 19.6 Å². The SMILES string of the molecule is COC(=O)N[C@H](C(=O)N1CCC[C@H]1c1ncc(-c2ccc(C#CC#Cc3cnc([C@@H]4CCCN4C(=O)OC(C)(C)C)[nH]3)c(-c3ccc(N(C)C)cc3)c2)[nH]1)C(C)C. The van der Waals surface area contributed by atoms with E-state index < -0.39 is 17.7 Å². The average Bonchev–Trinajstić information content (AvgIpc) is 4.01. The smallest absolute Gasteiger partial charge is 0.410 e. The zero-order chi connectivity index (χ0) is 40.9. The van der Waals surface area contributed by atoms with Gasteiger partial charge in [0.1, 0.15) is 29.0 Å². The fraction of sp³-hybridized carbons (Fsp3) is 0.432. The van der Waals surface area contributed by atoms with Crippen LogP contribution in [0, 0.1) is 29.6 Å². The maximum Gasteiger partial charge on any atom is 0.410 e. The van der Waals surface area contributed by atoms with Gasteiger partial charge in [0.05, 0.1) is 37.3 Å². The fourth-order valence-corrected chi connectivity index (χ4v) is 7.20. The van der Waals surface area contributed by atoms with Gasteiger partial charge in [0, 0.05) is 44.0 Å². The molecule has 2 aromatic carbocycles. The third-order valence-electron chi connectivity index (χ3n) is 10.1. The highest BCUT2D eigenvalue weighted by Gasteiger charge is 2.38. The molecule has 3 amide bonds. The molecule has 4 heterocycles. The maximum absolute atomic E-state index is 13.7. The Hall–Kier alpha value is -6.21. The lowest BCUT2D eigenvalue weighted by Crippen LogP contribution is -2.51. The van der Waals surface area contributed by atoms with Crippen molar-refractivity contribution >= 4 is 23.8 Å². The number of H-pyrrole nitrogens is 2. The van der Waals surface area contributed by atoms with Gasteiger partial charge in [0.2, 0.25) is 5.91 Å². The Morgan fingerprint density at radius 2 is 1.51 bits per heavy atom. The lowest BCUT2D eigenvalue weighted by molar-refractivity contribution is -0.135. The number of methoxy groups -OCH3 is 1. The number of likely N-dealkylation sites (tertiary alicyclic amines) is 2. The highest BCUT2D eigenvalue weighted by atomic mass is 16.6. The minimum atomic E-state index is -0.710. The molecular formula is C44H52N8O5. The lowest BCUT2D eigenvalue weighted by atomic mass is 9.96. The lowest BCUT2D eigenvalue weighted by Gasteiger charge is -2.30. The van der Waals surface area contributed by atoms with Crippen molar-refractivity contribution in [2.24, 2.45) is 5.92 Å². The first-order valence-corrected chi connectivity index (χ1v) is 19.4. The number of hydrogen-bond donors (Lipinski definition) is 3. The number of anilines is 1. The number of hydrogen-bond acceptors (Lipinski definition) is 8. The molecule has 0 bridgehead atoms. The van der Waals surface area contributed by atoms with Crippen molar-refractivity contribution in [1.82, 2.24) is 35.1 Å². The van der Waals surface area contributed by atoms with E-state index in [1.807, 2.05) is 60.8 Å². The van der Waals surface area contributed by atoms with Crippen molar-refractivity contribution in [1.29, 1.82) is 0 Å². The van der Waals surface area contributed by atoms with Gasteiger partial charge in [-0.15, -0.1) is 0 Å². The molecule has 0 aliphatic carbocycles. The molecule has 0 radical (unpaired) electrons. The summed E-state index contributed by atoms with van der Waals surface area (Å²) in [6.07, 6.45) is 5.74. The van der Waals surface area contributed by atoms with Crippen LogP contribution < -0.4 is 10.2 Å². The normalized spacial score (nSPS) is 17.0. The highest BCUT2D eigenvalue weighted by molar-refractivity contribution is 5.86. The number of nitrogens with zero attached hydrogens (tertiary/aromatic N) is 5. The van der Waals surface area contributed by atoms with Crippen molar-refractivity contribution in [3.8, 4) is 46.1 Å². The topological polar surface area (TPSA) is 149 Å². The predicted molar refractivity (Wildman–Crippen MR) is 219 cm³/mol. The van der Waals surface area contributed by atoms with Crippen LogP contribution in [-0.4, -0.2) is 93.8 Å². The van der Waals surface area contributed by atoms with Gasteiger partial charge in [0.25, 0.3) is 0 Å². The number of carbonyl (C=O) groups is 3. The number of rotatable bonds is 8. The Bertz CT molecular complexity index is 2210. The number of ether oxygens (including phenoxy) is 2. The summed E-state index contributed by atoms with van der Waals surface area (Å²) in [6, 6.07) is 13.2. The summed E-state index contributed by atoms with van der Waals surface area (Å²) in [4.78, 5) is 60.2. The van der Waals surface area contributed by atoms with Crippen LogP contribution in [0.25, 0.3) is 22.4 Å². The van der Waals surface area contributed by atoms with Crippen molar-refractivity contribution < 1.29 is 23.9 Å². The Morgan fingerprint density at radius 3 is 2.18 bits per heavy atom. The zero-order valence-corrected chi connectivity index (χ0v) is 34.0. The molecule has 0 saturated carbocycles. The number of carbonyl (C=O) groups excluding carboxylic acids is 3. The van der Waals surface area contributed by atoms with Gasteiger partial charge in [-0.1, -0.05) is 38.0 Å². The third-order valence-corrected chi connectivity index (χ3v) is 10.1. The van der Waals surface area contributed by atoms with Crippen LogP contribution in [0.3, 0.4) is 0 Å². The van der Waals surface area contributed by atoms with Crippen molar-refractivity contribution in [2.75, 3.05) is 39.2 Å². The highest BCUT2D eigenvalue weighted by Crippen LogP contribution is 2.35. The minimum Gasteiger partial charge on any atom is -0.453 e. The van der Waals surface area contributed by atoms with E-state index in [-0.39, 0.29) is 30.0 Å². The number of aromatic amines is 2. The van der Waals surface area contributed by atoms with E-state index in [0.717, 1.165) is 59.3 Å². The maximum atomic E-state index is 13.7. The predicted octanol–water partition coefficient (Wildman–Crippen LogP) is 7.05. The van der Waals surface area contributed by atoms with Crippen LogP contribution in [0.1, 0.15) is 95.3 Å². The summed E-state index contributed by atoms with van der Waals surface area (Å²) < 4.78 is 10.4. The molecule has 6 rings (SSSR count). The second kappa shape index (κ2) is 17.3. The number of alkyl carbamates (subject to hydrolysis) is 1. The molecule has 3 atom stereocenters. The van der Waals surface area contributed by atoms with E-state index in [4.69, 9.17) is 14.5 Å². The summed E-state index contributed by atoms with van der Waals surface area (Å²) in [6.45, 7) is 10.6. The molecule has 0 spiro atoms. The third kappa shape index (κ3) is 9.61. The summed E-state index contributed by atoms with van der Waals surface area (Å²) in [5.74, 6) is 13.4. The number of nitrogens with one attached hydrogen (secondary N) is 3. The summed E-state index contributed by atoms with van der Waals surface area (Å²) in [5.41, 5.74) is 5.57. The van der Waals surface area contributed by atoms with E-state index in [1.165, 1.54) is 7.11 Å². The molecule has 13 nitrogen and oxygen atoms in total. The van der Waals surface area contributed by atoms with Gasteiger partial charge in [-0.2, -0.15) is 0 Å². The molecule has 2 saturated heterocycles. The minimum absolute atomic E-state index is 0.124. The van der Waals surface area contributed by atoms with Crippen LogP contribution in [-0.2, 0) is 14.3 Å². The average molecular weight is 773 g/mol. The number of imidazole rings is 2. The van der Waals surface area contributed by atoms with Crippen LogP contribution in [0.4, 0.5) is 15.3 Å². The standard InChI is InChI=1S/C44H52N8O5/c1-28(2)38(49-42(54)56-8)41(53)51-23-11-15-36(51)40-46-27-35(48-40)31-18-17-29(34(25-31)30-19-21-33(22-20-30)50(6)7)13-9-10-14-32-26-45-39(47-32)37-16-12-24-52(37)43(55)57-44(3,4)5/h17-22,25-28,36-38H,11-12,15-16,23-24H2,1-8H3,(H,45,47)(H,46,48)(H,49,54)/t36-,37-,38-/m0/s1. The molecule has 4 aromatic rings. The van der Waals surface area contributed by atoms with Gasteiger partial charge in [0.15, 0.2) is 0 Å². The van der Waals surface area contributed by atoms with E-state index in [1.54, 1.807) is 22.2 Å². The summed E-state index contributed by atoms with van der Waals surface area (Å²) in [5, 5.41) is 2.71. The molecule has 0 unspecified atom stereocenters. The molecular weight excluding hydrogens is 721 g/mol. The molecule has 2 fully saturated rings. The number of benzene rings is 2. The van der Waals surface area contributed by atoms with E-state index >= 15 is 0 Å². The molecule has 298 valence electrons. The zero-order valence-electron chi connectivity index (χ0n) is 34.0. The first-order valence-electron chi connectivity index (χ1n) is 19.4. The number of amides is 3. The fourth-order valence-electron chi connectivity index (χ4n) is 7.20. The van der Waals surface area contributed by atoms with Gasteiger partial charge in [-0.3, -0.25) is 9.69 Å². The van der Waals surface area contributed by atoms with Crippen LogP contribution in [0.2, 0.25) is 0 Å². The largest absolute Gasteiger partial charge is 0.453 e. The Labute approximate surface area is 334 Å². The summed E-state index contributed by atoms with van der Waals surface area (Å²) in [7, 11) is 5.30. The Kier molecular flexibility index (Phi) is 12.3. The van der Waals surface area contributed by atoms with E-state index in [2.05, 4.69) is 79.2 Å². The van der Waals surface area contributed by atoms with Crippen molar-refractivity contribution in [3.63, 3.8) is 0 Å². The molecule has 2 aliphatic rings. The van der Waals surface area contributed by atoms with Crippen molar-refractivity contribution in [2.45, 2.75) is 84.0 Å². The first kappa shape index (κ1) is 40.5. The second-order valence-electron chi connectivity index (χ2n) is 15.9. The Balaban J connectivity index is 1.24. The number of aromatic nitrogens is 4. The molecule has 13 heteroatoms. The van der Waals surface area contributed by atoms with Crippen LogP contribution >= 0.6 is 0 Å². The molecule has 2 aromatic heterocycles. The quantitative estimate of drug-likeness (QED) is 0.162. The van der Waals surface area contributed by atoms with Gasteiger partial charge in [-0.05, 0) is 106 Å². The van der Waals surface area contributed by atoms with Gasteiger partial charge < -0.3 is 34.6 Å². The Morgan fingerprint density at radius 1 is 0.877 bits per heavy atom. The van der Waals surface area contributed by atoms with Crippen molar-refractivity contribution in [3.05, 3.63) is 77.8 Å². The second-order valence-corrected chi connectivity index (χ2v) is 15.9. The molecule has 3 N–H and O–H groups in total. The van der Waals surface area contributed by atoms with E-state index in [9.17, 15) is 14.4 Å². The first-order chi connectivity index (χ1) is 27.2.